The monoisotopic (exact) mass is 309 g/mol. The van der Waals surface area contributed by atoms with Crippen LogP contribution in [-0.2, 0) is 7.05 Å². The highest BCUT2D eigenvalue weighted by atomic mass is 35.5. The molecule has 0 bridgehead atoms. The van der Waals surface area contributed by atoms with Crippen molar-refractivity contribution in [3.8, 4) is 0 Å². The molecule has 0 atom stereocenters. The summed E-state index contributed by atoms with van der Waals surface area (Å²) in [6.45, 7) is 0. The van der Waals surface area contributed by atoms with Gasteiger partial charge in [-0.25, -0.2) is 0 Å². The third-order valence-corrected chi connectivity index (χ3v) is 2.83. The number of hydrogen-bond acceptors (Lipinski definition) is 3. The number of nitrogens with two attached hydrogens (primary N) is 1. The maximum absolute atomic E-state index is 11.2. The van der Waals surface area contributed by atoms with Crippen molar-refractivity contribution < 1.29 is 4.79 Å². The van der Waals surface area contributed by atoms with Gasteiger partial charge in [-0.1, -0.05) is 17.7 Å². The van der Waals surface area contributed by atoms with Crippen LogP contribution in [-0.4, -0.2) is 20.8 Å². The second kappa shape index (κ2) is 5.89. The first-order chi connectivity index (χ1) is 9.45. The summed E-state index contributed by atoms with van der Waals surface area (Å²) >= 11 is 11.0. The molecule has 1 amide bonds. The molecule has 0 radical (unpaired) electrons. The fourth-order valence-electron chi connectivity index (χ4n) is 1.61. The number of primary amides is 1. The molecule has 8 heteroatoms. The van der Waals surface area contributed by atoms with Gasteiger partial charge in [0, 0.05) is 24.0 Å². The average Bonchev–Trinajstić information content (AvgIpc) is 2.70. The van der Waals surface area contributed by atoms with Crippen LogP contribution in [0.4, 0.5) is 11.4 Å². The minimum absolute atomic E-state index is 0.128. The third kappa shape index (κ3) is 3.46. The summed E-state index contributed by atoms with van der Waals surface area (Å²) in [7, 11) is 1.69. The lowest BCUT2D eigenvalue weighted by Gasteiger charge is -2.09. The van der Waals surface area contributed by atoms with Crippen LogP contribution in [0.25, 0.3) is 0 Å². The van der Waals surface area contributed by atoms with E-state index in [1.807, 2.05) is 6.07 Å². The lowest BCUT2D eigenvalue weighted by molar-refractivity contribution is 0.0995. The van der Waals surface area contributed by atoms with E-state index < -0.39 is 5.91 Å². The Morgan fingerprint density at radius 3 is 2.85 bits per heavy atom. The fraction of sp³-hybridized carbons (Fsp3) is 0.0833. The van der Waals surface area contributed by atoms with Gasteiger partial charge in [0.15, 0.2) is 10.8 Å². The Kier molecular flexibility index (Phi) is 4.21. The van der Waals surface area contributed by atoms with Gasteiger partial charge in [-0.3, -0.25) is 9.48 Å². The van der Waals surface area contributed by atoms with Crippen LogP contribution in [0.15, 0.2) is 30.5 Å². The summed E-state index contributed by atoms with van der Waals surface area (Å²) in [5, 5.41) is 10.7. The summed E-state index contributed by atoms with van der Waals surface area (Å²) < 4.78 is 1.48. The third-order valence-electron chi connectivity index (χ3n) is 2.39. The number of nitrogens with zero attached hydrogens (tertiary/aromatic N) is 2. The predicted octanol–water partition coefficient (Wildman–Crippen LogP) is 1.98. The molecule has 0 saturated carbocycles. The summed E-state index contributed by atoms with van der Waals surface area (Å²) in [6, 6.07) is 7.10. The van der Waals surface area contributed by atoms with E-state index in [0.29, 0.717) is 15.8 Å². The minimum Gasteiger partial charge on any atom is -0.364 e. The Balaban J connectivity index is 2.10. The highest BCUT2D eigenvalue weighted by molar-refractivity contribution is 7.80. The Labute approximate surface area is 125 Å². The maximum Gasteiger partial charge on any atom is 0.271 e. The number of aryl methyl sites for hydroxylation is 1. The first kappa shape index (κ1) is 14.3. The van der Waals surface area contributed by atoms with Crippen LogP contribution in [0.2, 0.25) is 5.02 Å². The Morgan fingerprint density at radius 1 is 1.45 bits per heavy atom. The van der Waals surface area contributed by atoms with Crippen LogP contribution in [0.1, 0.15) is 10.5 Å². The van der Waals surface area contributed by atoms with Gasteiger partial charge >= 0.3 is 0 Å². The van der Waals surface area contributed by atoms with E-state index in [4.69, 9.17) is 29.6 Å². The molecule has 1 heterocycles. The molecule has 1 aromatic carbocycles. The van der Waals surface area contributed by atoms with E-state index in [0.717, 1.165) is 5.69 Å². The molecule has 2 aromatic rings. The summed E-state index contributed by atoms with van der Waals surface area (Å²) in [5.74, 6) is -0.626. The van der Waals surface area contributed by atoms with E-state index in [1.165, 1.54) is 4.68 Å². The van der Waals surface area contributed by atoms with Gasteiger partial charge in [0.05, 0.1) is 5.69 Å². The lowest BCUT2D eigenvalue weighted by Crippen LogP contribution is -2.21. The van der Waals surface area contributed by atoms with Crippen LogP contribution < -0.4 is 16.4 Å². The highest BCUT2D eigenvalue weighted by Gasteiger charge is 2.14. The van der Waals surface area contributed by atoms with Gasteiger partial charge in [-0.15, -0.1) is 0 Å². The number of aromatic nitrogens is 2. The Bertz CT molecular complexity index is 670. The van der Waals surface area contributed by atoms with Crippen LogP contribution in [0, 0.1) is 0 Å². The molecule has 0 aliphatic rings. The van der Waals surface area contributed by atoms with Crippen LogP contribution in [0.3, 0.4) is 0 Å². The second-order valence-corrected chi connectivity index (χ2v) is 4.86. The van der Waals surface area contributed by atoms with Gasteiger partial charge < -0.3 is 16.4 Å². The van der Waals surface area contributed by atoms with Crippen molar-refractivity contribution in [3.05, 3.63) is 41.2 Å². The molecule has 0 aliphatic heterocycles. The van der Waals surface area contributed by atoms with Gasteiger partial charge in [0.1, 0.15) is 0 Å². The molecule has 104 valence electrons. The van der Waals surface area contributed by atoms with Crippen LogP contribution in [0.5, 0.6) is 0 Å². The number of carbonyl (C=O) groups is 1. The van der Waals surface area contributed by atoms with Gasteiger partial charge in [0.25, 0.3) is 5.91 Å². The number of nitrogens with one attached hydrogen (secondary N) is 2. The van der Waals surface area contributed by atoms with E-state index in [-0.39, 0.29) is 5.69 Å². The standard InChI is InChI=1S/C12H12ClN5OS/c1-18-6-9(10(17-18)11(14)19)16-12(20)15-8-4-2-3-7(13)5-8/h2-6H,1H3,(H2,14,19)(H2,15,16,20). The second-order valence-electron chi connectivity index (χ2n) is 4.02. The zero-order valence-corrected chi connectivity index (χ0v) is 12.1. The molecule has 0 unspecified atom stereocenters. The maximum atomic E-state index is 11.2. The summed E-state index contributed by atoms with van der Waals surface area (Å²) in [4.78, 5) is 11.2. The van der Waals surface area contributed by atoms with Crippen molar-refractivity contribution in [2.24, 2.45) is 12.8 Å². The molecular formula is C12H12ClN5OS. The first-order valence-electron chi connectivity index (χ1n) is 5.62. The number of anilines is 2. The number of amides is 1. The van der Waals surface area contributed by atoms with Crippen molar-refractivity contribution in [1.82, 2.24) is 9.78 Å². The van der Waals surface area contributed by atoms with Crippen molar-refractivity contribution >= 4 is 46.2 Å². The molecule has 0 fully saturated rings. The normalized spacial score (nSPS) is 10.1. The molecule has 0 spiro atoms. The van der Waals surface area contributed by atoms with Gasteiger partial charge in [-0.05, 0) is 30.4 Å². The molecule has 6 nitrogen and oxygen atoms in total. The number of halogens is 1. The van der Waals surface area contributed by atoms with E-state index >= 15 is 0 Å². The lowest BCUT2D eigenvalue weighted by atomic mass is 10.3. The predicted molar refractivity (Wildman–Crippen MR) is 83.0 cm³/mol. The topological polar surface area (TPSA) is 85.0 Å². The molecule has 1 aromatic heterocycles. The average molecular weight is 310 g/mol. The van der Waals surface area contributed by atoms with Crippen molar-refractivity contribution in [1.29, 1.82) is 0 Å². The SMILES string of the molecule is Cn1cc(NC(=S)Nc2cccc(Cl)c2)c(C(N)=O)n1. The molecule has 20 heavy (non-hydrogen) atoms. The molecular weight excluding hydrogens is 298 g/mol. The van der Waals surface area contributed by atoms with Crippen molar-refractivity contribution in [2.45, 2.75) is 0 Å². The zero-order chi connectivity index (χ0) is 14.7. The largest absolute Gasteiger partial charge is 0.364 e. The van der Waals surface area contributed by atoms with E-state index in [1.54, 1.807) is 31.4 Å². The number of benzene rings is 1. The molecule has 0 aliphatic carbocycles. The molecule has 2 rings (SSSR count). The Hall–Kier alpha value is -2.12. The zero-order valence-electron chi connectivity index (χ0n) is 10.6. The fourth-order valence-corrected chi connectivity index (χ4v) is 2.03. The summed E-state index contributed by atoms with van der Waals surface area (Å²) in [6.07, 6.45) is 1.62. The number of rotatable bonds is 3. The van der Waals surface area contributed by atoms with E-state index in [9.17, 15) is 4.79 Å². The Morgan fingerprint density at radius 2 is 2.20 bits per heavy atom. The van der Waals surface area contributed by atoms with Crippen LogP contribution >= 0.6 is 23.8 Å². The van der Waals surface area contributed by atoms with E-state index in [2.05, 4.69) is 15.7 Å². The number of hydrogen-bond donors (Lipinski definition) is 3. The van der Waals surface area contributed by atoms with Crippen molar-refractivity contribution in [3.63, 3.8) is 0 Å². The molecule has 0 saturated heterocycles. The highest BCUT2D eigenvalue weighted by Crippen LogP contribution is 2.16. The first-order valence-corrected chi connectivity index (χ1v) is 6.41. The van der Waals surface area contributed by atoms with Crippen molar-refractivity contribution in [2.75, 3.05) is 10.6 Å². The quantitative estimate of drug-likeness (QED) is 0.755. The van der Waals surface area contributed by atoms with Gasteiger partial charge in [0.2, 0.25) is 0 Å². The summed E-state index contributed by atoms with van der Waals surface area (Å²) in [5.41, 5.74) is 6.55. The minimum atomic E-state index is -0.626. The molecule has 4 N–H and O–H groups in total. The number of thiocarbonyl (C=S) groups is 1. The number of carbonyl (C=O) groups excluding carboxylic acids is 1. The van der Waals surface area contributed by atoms with Gasteiger partial charge in [-0.2, -0.15) is 5.10 Å². The smallest absolute Gasteiger partial charge is 0.271 e.